The summed E-state index contributed by atoms with van der Waals surface area (Å²) >= 11 is 0. The number of aryl methyl sites for hydroxylation is 1. The molecule has 0 bridgehead atoms. The summed E-state index contributed by atoms with van der Waals surface area (Å²) in [4.78, 5) is 2.21. The first-order valence-electron chi connectivity index (χ1n) is 5.57. The molecule has 0 radical (unpaired) electrons. The van der Waals surface area contributed by atoms with Gasteiger partial charge in [0.1, 0.15) is 11.5 Å². The monoisotopic (exact) mass is 211 g/mol. The van der Waals surface area contributed by atoms with Gasteiger partial charge in [0.15, 0.2) is 0 Å². The third-order valence-corrected chi connectivity index (χ3v) is 2.24. The van der Waals surface area contributed by atoms with Gasteiger partial charge in [-0.05, 0) is 38.9 Å². The Labute approximate surface area is 91.7 Å². The highest BCUT2D eigenvalue weighted by Gasteiger charge is 2.09. The van der Waals surface area contributed by atoms with Crippen LogP contribution in [-0.4, -0.2) is 29.2 Å². The summed E-state index contributed by atoms with van der Waals surface area (Å²) in [6.07, 6.45) is 0.805. The molecule has 1 atom stereocenters. The Morgan fingerprint density at radius 2 is 2.20 bits per heavy atom. The van der Waals surface area contributed by atoms with E-state index in [2.05, 4.69) is 11.8 Å². The summed E-state index contributed by atoms with van der Waals surface area (Å²) in [7, 11) is 0. The maximum Gasteiger partial charge on any atom is 0.118 e. The summed E-state index contributed by atoms with van der Waals surface area (Å²) in [5, 5.41) is 9.36. The van der Waals surface area contributed by atoms with E-state index in [9.17, 15) is 5.11 Å². The molecular formula is C12H21NO2. The van der Waals surface area contributed by atoms with E-state index in [1.54, 1.807) is 0 Å². The minimum Gasteiger partial charge on any atom is -0.465 e. The van der Waals surface area contributed by atoms with E-state index in [4.69, 9.17) is 4.42 Å². The number of nitrogens with zero attached hydrogens (tertiary/aromatic N) is 1. The molecule has 0 aromatic carbocycles. The van der Waals surface area contributed by atoms with Gasteiger partial charge < -0.3 is 9.52 Å². The van der Waals surface area contributed by atoms with E-state index in [1.165, 1.54) is 0 Å². The molecule has 0 fully saturated rings. The van der Waals surface area contributed by atoms with E-state index < -0.39 is 0 Å². The summed E-state index contributed by atoms with van der Waals surface area (Å²) in [6.45, 7) is 8.38. The van der Waals surface area contributed by atoms with Gasteiger partial charge in [-0.1, -0.05) is 6.92 Å². The SMILES string of the molecule is CCCN(Cc1ccc(C)o1)CC(C)O. The molecular weight excluding hydrogens is 190 g/mol. The van der Waals surface area contributed by atoms with Gasteiger partial charge in [-0.25, -0.2) is 0 Å². The minimum absolute atomic E-state index is 0.285. The van der Waals surface area contributed by atoms with Crippen LogP contribution in [0, 0.1) is 6.92 Å². The van der Waals surface area contributed by atoms with Crippen LogP contribution in [0.5, 0.6) is 0 Å². The predicted molar refractivity (Wildman–Crippen MR) is 60.7 cm³/mol. The van der Waals surface area contributed by atoms with Crippen LogP contribution in [0.3, 0.4) is 0 Å². The van der Waals surface area contributed by atoms with Crippen molar-refractivity contribution in [3.05, 3.63) is 23.7 Å². The van der Waals surface area contributed by atoms with Crippen LogP contribution >= 0.6 is 0 Å². The second-order valence-corrected chi connectivity index (χ2v) is 4.10. The minimum atomic E-state index is -0.285. The Morgan fingerprint density at radius 1 is 1.47 bits per heavy atom. The molecule has 15 heavy (non-hydrogen) atoms. The van der Waals surface area contributed by atoms with Crippen molar-refractivity contribution in [3.63, 3.8) is 0 Å². The molecule has 0 aliphatic carbocycles. The summed E-state index contributed by atoms with van der Waals surface area (Å²) in [5.74, 6) is 1.92. The van der Waals surface area contributed by atoms with Crippen molar-refractivity contribution in [2.75, 3.05) is 13.1 Å². The van der Waals surface area contributed by atoms with E-state index in [-0.39, 0.29) is 6.10 Å². The number of aliphatic hydroxyl groups is 1. The largest absolute Gasteiger partial charge is 0.465 e. The van der Waals surface area contributed by atoms with Crippen LogP contribution in [-0.2, 0) is 6.54 Å². The summed E-state index contributed by atoms with van der Waals surface area (Å²) < 4.78 is 5.52. The number of aliphatic hydroxyl groups excluding tert-OH is 1. The van der Waals surface area contributed by atoms with Crippen LogP contribution < -0.4 is 0 Å². The number of furan rings is 1. The molecule has 0 amide bonds. The molecule has 86 valence electrons. The maximum absolute atomic E-state index is 9.36. The van der Waals surface area contributed by atoms with E-state index >= 15 is 0 Å². The first-order valence-corrected chi connectivity index (χ1v) is 5.57. The smallest absolute Gasteiger partial charge is 0.118 e. The van der Waals surface area contributed by atoms with Crippen LogP contribution in [0.1, 0.15) is 31.8 Å². The van der Waals surface area contributed by atoms with Crippen molar-refractivity contribution in [1.29, 1.82) is 0 Å². The highest BCUT2D eigenvalue weighted by molar-refractivity contribution is 5.05. The van der Waals surface area contributed by atoms with Gasteiger partial charge in [0.25, 0.3) is 0 Å². The van der Waals surface area contributed by atoms with Crippen molar-refractivity contribution in [2.45, 2.75) is 39.8 Å². The van der Waals surface area contributed by atoms with Crippen LogP contribution in [0.15, 0.2) is 16.5 Å². The molecule has 0 aliphatic rings. The Balaban J connectivity index is 2.50. The lowest BCUT2D eigenvalue weighted by molar-refractivity contribution is 0.117. The number of rotatable bonds is 6. The Kier molecular flexibility index (Phi) is 4.85. The molecule has 1 heterocycles. The van der Waals surface area contributed by atoms with Gasteiger partial charge in [-0.15, -0.1) is 0 Å². The standard InChI is InChI=1S/C12H21NO2/c1-4-7-13(8-10(2)14)9-12-6-5-11(3)15-12/h5-6,10,14H,4,7-9H2,1-3H3. The Bertz CT molecular complexity index is 281. The fraction of sp³-hybridized carbons (Fsp3) is 0.667. The summed E-state index contributed by atoms with van der Waals surface area (Å²) in [6, 6.07) is 3.97. The lowest BCUT2D eigenvalue weighted by Crippen LogP contribution is -2.31. The number of hydrogen-bond acceptors (Lipinski definition) is 3. The zero-order valence-electron chi connectivity index (χ0n) is 9.86. The predicted octanol–water partition coefficient (Wildman–Crippen LogP) is 2.18. The van der Waals surface area contributed by atoms with Gasteiger partial charge in [-0.3, -0.25) is 4.90 Å². The maximum atomic E-state index is 9.36. The van der Waals surface area contributed by atoms with E-state index in [0.717, 1.165) is 31.0 Å². The highest BCUT2D eigenvalue weighted by Crippen LogP contribution is 2.10. The zero-order chi connectivity index (χ0) is 11.3. The Morgan fingerprint density at radius 3 is 2.67 bits per heavy atom. The van der Waals surface area contributed by atoms with Gasteiger partial charge in [0.2, 0.25) is 0 Å². The first kappa shape index (κ1) is 12.3. The topological polar surface area (TPSA) is 36.6 Å². The van der Waals surface area contributed by atoms with Crippen LogP contribution in [0.2, 0.25) is 0 Å². The first-order chi connectivity index (χ1) is 7.11. The molecule has 1 aromatic heterocycles. The molecule has 1 rings (SSSR count). The number of hydrogen-bond donors (Lipinski definition) is 1. The average Bonchev–Trinajstić information content (AvgIpc) is 2.50. The quantitative estimate of drug-likeness (QED) is 0.783. The molecule has 1 aromatic rings. The molecule has 0 aliphatic heterocycles. The molecule has 0 saturated carbocycles. The molecule has 1 N–H and O–H groups in total. The highest BCUT2D eigenvalue weighted by atomic mass is 16.3. The van der Waals surface area contributed by atoms with E-state index in [0.29, 0.717) is 6.54 Å². The molecule has 3 heteroatoms. The van der Waals surface area contributed by atoms with Crippen molar-refractivity contribution in [3.8, 4) is 0 Å². The van der Waals surface area contributed by atoms with Crippen molar-refractivity contribution in [2.24, 2.45) is 0 Å². The third kappa shape index (κ3) is 4.49. The fourth-order valence-electron chi connectivity index (χ4n) is 1.72. The lowest BCUT2D eigenvalue weighted by atomic mass is 10.3. The van der Waals surface area contributed by atoms with Crippen molar-refractivity contribution < 1.29 is 9.52 Å². The summed E-state index contributed by atoms with van der Waals surface area (Å²) in [5.41, 5.74) is 0. The van der Waals surface area contributed by atoms with Crippen LogP contribution in [0.25, 0.3) is 0 Å². The Hall–Kier alpha value is -0.800. The molecule has 3 nitrogen and oxygen atoms in total. The van der Waals surface area contributed by atoms with Gasteiger partial charge in [0.05, 0.1) is 12.6 Å². The fourth-order valence-corrected chi connectivity index (χ4v) is 1.72. The molecule has 1 unspecified atom stereocenters. The average molecular weight is 211 g/mol. The zero-order valence-corrected chi connectivity index (χ0v) is 9.86. The van der Waals surface area contributed by atoms with Gasteiger partial charge >= 0.3 is 0 Å². The second kappa shape index (κ2) is 5.93. The van der Waals surface area contributed by atoms with Gasteiger partial charge in [0, 0.05) is 6.54 Å². The molecule has 0 spiro atoms. The lowest BCUT2D eigenvalue weighted by Gasteiger charge is -2.21. The van der Waals surface area contributed by atoms with E-state index in [1.807, 2.05) is 26.0 Å². The third-order valence-electron chi connectivity index (χ3n) is 2.24. The second-order valence-electron chi connectivity index (χ2n) is 4.10. The normalized spacial score (nSPS) is 13.4. The molecule has 0 saturated heterocycles. The van der Waals surface area contributed by atoms with Crippen LogP contribution in [0.4, 0.5) is 0 Å². The van der Waals surface area contributed by atoms with Crippen molar-refractivity contribution in [1.82, 2.24) is 4.90 Å². The van der Waals surface area contributed by atoms with Crippen molar-refractivity contribution >= 4 is 0 Å². The van der Waals surface area contributed by atoms with Gasteiger partial charge in [-0.2, -0.15) is 0 Å².